The Bertz CT molecular complexity index is 875. The van der Waals surface area contributed by atoms with Crippen LogP contribution in [0.5, 0.6) is 5.75 Å². The van der Waals surface area contributed by atoms with Crippen molar-refractivity contribution in [2.75, 3.05) is 12.0 Å². The fraction of sp³-hybridized carbons (Fsp3) is 0.167. The van der Waals surface area contributed by atoms with Gasteiger partial charge in [-0.1, -0.05) is 6.07 Å². The number of amides is 1. The lowest BCUT2D eigenvalue weighted by Gasteiger charge is -2.15. The largest absolute Gasteiger partial charge is 0.478 e. The lowest BCUT2D eigenvalue weighted by molar-refractivity contribution is -0.137. The van der Waals surface area contributed by atoms with Gasteiger partial charge in [0.05, 0.1) is 0 Å². The molecule has 2 N–H and O–H groups in total. The molecule has 6 nitrogen and oxygen atoms in total. The molecule has 1 amide bonds. The van der Waals surface area contributed by atoms with E-state index in [1.54, 1.807) is 6.26 Å². The van der Waals surface area contributed by atoms with Gasteiger partial charge in [0.15, 0.2) is 0 Å². The fourth-order valence-corrected chi connectivity index (χ4v) is 2.86. The number of thioether (sulfide) groups is 1. The van der Waals surface area contributed by atoms with E-state index in [9.17, 15) is 28.3 Å². The Kier molecular flexibility index (Phi) is 6.89. The average molecular weight is 395 g/mol. The smallest absolute Gasteiger partial charge is 0.339 e. The highest BCUT2D eigenvalue weighted by molar-refractivity contribution is 7.98. The highest BCUT2D eigenvalue weighted by atomic mass is 32.2. The summed E-state index contributed by atoms with van der Waals surface area (Å²) in [5.41, 5.74) is -0.199. The summed E-state index contributed by atoms with van der Waals surface area (Å²) < 4.78 is 32.1. The molecule has 2 aromatic rings. The van der Waals surface area contributed by atoms with Gasteiger partial charge in [-0.2, -0.15) is 11.8 Å². The first-order valence-electron chi connectivity index (χ1n) is 7.60. The second-order valence-corrected chi connectivity index (χ2v) is 6.26. The van der Waals surface area contributed by atoms with E-state index >= 15 is 0 Å². The van der Waals surface area contributed by atoms with E-state index in [1.807, 2.05) is 0 Å². The van der Waals surface area contributed by atoms with Crippen LogP contribution in [0.1, 0.15) is 10.4 Å². The lowest BCUT2D eigenvalue weighted by atomic mass is 10.0. The standard InChI is InChI=1S/C18H15F2NO5S/c1-27-8-15(21-9-22)18(25)26-16-5-2-10(6-13(16)17(23)24)12-4-3-11(19)7-14(12)20/h2-7,9,15H,8H2,1H3,(H,21,22)(H,23,24). The molecule has 27 heavy (non-hydrogen) atoms. The van der Waals surface area contributed by atoms with Crippen molar-refractivity contribution >= 4 is 30.1 Å². The van der Waals surface area contributed by atoms with Gasteiger partial charge in [0.1, 0.15) is 29.0 Å². The van der Waals surface area contributed by atoms with E-state index in [4.69, 9.17) is 4.74 Å². The number of hydrogen-bond acceptors (Lipinski definition) is 5. The van der Waals surface area contributed by atoms with Crippen LogP contribution in [0.2, 0.25) is 0 Å². The van der Waals surface area contributed by atoms with E-state index in [0.717, 1.165) is 12.1 Å². The SMILES string of the molecule is CSCC(NC=O)C(=O)Oc1ccc(-c2ccc(F)cc2F)cc1C(=O)O. The van der Waals surface area contributed by atoms with E-state index in [0.29, 0.717) is 12.5 Å². The summed E-state index contributed by atoms with van der Waals surface area (Å²) in [5, 5.41) is 11.7. The maximum Gasteiger partial charge on any atom is 0.339 e. The topological polar surface area (TPSA) is 92.7 Å². The Balaban J connectivity index is 2.36. The van der Waals surface area contributed by atoms with Crippen LogP contribution in [0.4, 0.5) is 8.78 Å². The molecule has 0 aliphatic carbocycles. The number of carboxylic acids is 1. The number of aromatic carboxylic acids is 1. The second-order valence-electron chi connectivity index (χ2n) is 5.35. The zero-order valence-corrected chi connectivity index (χ0v) is 14.9. The first kappa shape index (κ1) is 20.4. The molecule has 0 aliphatic heterocycles. The molecule has 9 heteroatoms. The lowest BCUT2D eigenvalue weighted by Crippen LogP contribution is -2.40. The minimum absolute atomic E-state index is 0.000317. The predicted octanol–water partition coefficient (Wildman–Crippen LogP) is 2.71. The Morgan fingerprint density at radius 3 is 2.59 bits per heavy atom. The number of carbonyl (C=O) groups is 3. The van der Waals surface area contributed by atoms with Crippen molar-refractivity contribution in [1.29, 1.82) is 0 Å². The van der Waals surface area contributed by atoms with E-state index in [-0.39, 0.29) is 28.2 Å². The summed E-state index contributed by atoms with van der Waals surface area (Å²) in [6.45, 7) is 0. The van der Waals surface area contributed by atoms with Crippen LogP contribution in [-0.4, -0.2) is 41.5 Å². The highest BCUT2D eigenvalue weighted by Crippen LogP contribution is 2.29. The van der Waals surface area contributed by atoms with Crippen LogP contribution in [0.3, 0.4) is 0 Å². The van der Waals surface area contributed by atoms with Crippen molar-refractivity contribution in [2.45, 2.75) is 6.04 Å². The molecular formula is C18H15F2NO5S. The molecule has 0 saturated heterocycles. The van der Waals surface area contributed by atoms with Gasteiger partial charge in [-0.3, -0.25) is 4.79 Å². The van der Waals surface area contributed by atoms with Crippen LogP contribution >= 0.6 is 11.8 Å². The van der Waals surface area contributed by atoms with Gasteiger partial charge in [-0.15, -0.1) is 0 Å². The van der Waals surface area contributed by atoms with E-state index in [1.165, 1.54) is 30.0 Å². The normalized spacial score (nSPS) is 11.5. The molecule has 0 spiro atoms. The van der Waals surface area contributed by atoms with Gasteiger partial charge in [-0.05, 0) is 36.1 Å². The van der Waals surface area contributed by atoms with Crippen molar-refractivity contribution in [1.82, 2.24) is 5.32 Å². The molecule has 2 aromatic carbocycles. The monoisotopic (exact) mass is 395 g/mol. The number of benzene rings is 2. The fourth-order valence-electron chi connectivity index (χ4n) is 2.29. The third-order valence-corrected chi connectivity index (χ3v) is 4.22. The summed E-state index contributed by atoms with van der Waals surface area (Å²) in [6, 6.07) is 5.64. The minimum Gasteiger partial charge on any atom is -0.478 e. The number of carbonyl (C=O) groups excluding carboxylic acids is 2. The van der Waals surface area contributed by atoms with E-state index in [2.05, 4.69) is 5.32 Å². The quantitative estimate of drug-likeness (QED) is 0.406. The van der Waals surface area contributed by atoms with Crippen molar-refractivity contribution in [3.05, 3.63) is 53.6 Å². The average Bonchev–Trinajstić information content (AvgIpc) is 2.62. The van der Waals surface area contributed by atoms with Crippen LogP contribution in [0.25, 0.3) is 11.1 Å². The molecule has 1 unspecified atom stereocenters. The Hall–Kier alpha value is -2.94. The molecule has 1 atom stereocenters. The number of halogens is 2. The zero-order valence-electron chi connectivity index (χ0n) is 14.1. The number of hydrogen-bond donors (Lipinski definition) is 2. The summed E-state index contributed by atoms with van der Waals surface area (Å²) in [5.74, 6) is -3.86. The number of ether oxygens (including phenoxy) is 1. The van der Waals surface area contributed by atoms with Gasteiger partial charge in [0.25, 0.3) is 0 Å². The van der Waals surface area contributed by atoms with Crippen LogP contribution in [0.15, 0.2) is 36.4 Å². The van der Waals surface area contributed by atoms with Crippen molar-refractivity contribution in [2.24, 2.45) is 0 Å². The van der Waals surface area contributed by atoms with Gasteiger partial charge in [0.2, 0.25) is 6.41 Å². The third-order valence-electron chi connectivity index (χ3n) is 3.55. The Morgan fingerprint density at radius 1 is 1.26 bits per heavy atom. The van der Waals surface area contributed by atoms with Crippen LogP contribution < -0.4 is 10.1 Å². The van der Waals surface area contributed by atoms with Crippen LogP contribution in [0, 0.1) is 11.6 Å². The maximum atomic E-state index is 13.9. The minimum atomic E-state index is -1.40. The first-order chi connectivity index (χ1) is 12.9. The molecular weight excluding hydrogens is 380 g/mol. The first-order valence-corrected chi connectivity index (χ1v) is 8.99. The van der Waals surface area contributed by atoms with Gasteiger partial charge >= 0.3 is 11.9 Å². The summed E-state index contributed by atoms with van der Waals surface area (Å²) in [4.78, 5) is 34.3. The Morgan fingerprint density at radius 2 is 2.00 bits per heavy atom. The van der Waals surface area contributed by atoms with Gasteiger partial charge in [0, 0.05) is 17.4 Å². The second kappa shape index (κ2) is 9.13. The molecule has 0 bridgehead atoms. The number of esters is 1. The summed E-state index contributed by atoms with van der Waals surface area (Å²) in [7, 11) is 0. The third kappa shape index (κ3) is 5.04. The molecule has 0 radical (unpaired) electrons. The number of carboxylic acid groups (broad SMARTS) is 1. The molecule has 0 aromatic heterocycles. The summed E-state index contributed by atoms with van der Waals surface area (Å²) >= 11 is 1.29. The molecule has 0 aliphatic rings. The Labute approximate surface area is 157 Å². The molecule has 0 saturated carbocycles. The van der Waals surface area contributed by atoms with Gasteiger partial charge in [-0.25, -0.2) is 18.4 Å². The number of nitrogens with one attached hydrogen (secondary N) is 1. The van der Waals surface area contributed by atoms with Crippen LogP contribution in [-0.2, 0) is 9.59 Å². The van der Waals surface area contributed by atoms with Gasteiger partial charge < -0.3 is 15.2 Å². The number of rotatable bonds is 8. The summed E-state index contributed by atoms with van der Waals surface area (Å²) in [6.07, 6.45) is 2.07. The van der Waals surface area contributed by atoms with Crippen molar-refractivity contribution in [3.8, 4) is 16.9 Å². The van der Waals surface area contributed by atoms with Crippen molar-refractivity contribution < 1.29 is 33.0 Å². The zero-order chi connectivity index (χ0) is 20.0. The molecule has 0 heterocycles. The highest BCUT2D eigenvalue weighted by Gasteiger charge is 2.23. The molecule has 2 rings (SSSR count). The maximum absolute atomic E-state index is 13.9. The van der Waals surface area contributed by atoms with E-state index < -0.39 is 29.6 Å². The predicted molar refractivity (Wildman–Crippen MR) is 95.8 cm³/mol. The van der Waals surface area contributed by atoms with Crippen molar-refractivity contribution in [3.63, 3.8) is 0 Å². The molecule has 0 fully saturated rings. The molecule has 142 valence electrons.